The number of hydrogen-bond donors (Lipinski definition) is 0. The molecule has 0 amide bonds. The van der Waals surface area contributed by atoms with Crippen molar-refractivity contribution >= 4 is 34.9 Å². The number of benzene rings is 1. The van der Waals surface area contributed by atoms with Crippen LogP contribution in [0.15, 0.2) is 48.9 Å². The van der Waals surface area contributed by atoms with Crippen LogP contribution >= 0.6 is 23.2 Å². The first-order chi connectivity index (χ1) is 14.6. The summed E-state index contributed by atoms with van der Waals surface area (Å²) in [6.45, 7) is 0. The molecule has 2 heterocycles. The molecule has 0 saturated heterocycles. The Balaban J connectivity index is 1.65. The maximum atomic E-state index is 9.72. The summed E-state index contributed by atoms with van der Waals surface area (Å²) in [6.07, 6.45) is 7.74. The SMILES string of the molecule is COc1ncc(C(C#N)=Cc2c(Cl)cncc2Cl)cc1OC1Cc2ccccc2C1. The number of ether oxygens (including phenoxy) is 2. The number of hydrogen-bond acceptors (Lipinski definition) is 5. The highest BCUT2D eigenvalue weighted by Gasteiger charge is 2.24. The summed E-state index contributed by atoms with van der Waals surface area (Å²) in [5.41, 5.74) is 4.01. The van der Waals surface area contributed by atoms with Crippen molar-refractivity contribution in [1.29, 1.82) is 5.26 Å². The van der Waals surface area contributed by atoms with Gasteiger partial charge in [-0.05, 0) is 23.3 Å². The Bertz CT molecular complexity index is 1130. The zero-order valence-corrected chi connectivity index (χ0v) is 17.6. The molecule has 3 aromatic rings. The Morgan fingerprint density at radius 1 is 1.13 bits per heavy atom. The van der Waals surface area contributed by atoms with Crippen molar-refractivity contribution in [2.75, 3.05) is 7.11 Å². The first-order valence-electron chi connectivity index (χ1n) is 9.27. The Morgan fingerprint density at radius 2 is 1.80 bits per heavy atom. The van der Waals surface area contributed by atoms with Gasteiger partial charge in [-0.2, -0.15) is 5.26 Å². The maximum Gasteiger partial charge on any atom is 0.256 e. The Kier molecular flexibility index (Phi) is 5.89. The molecule has 1 aliphatic carbocycles. The van der Waals surface area contributed by atoms with Gasteiger partial charge in [-0.3, -0.25) is 4.98 Å². The molecule has 1 aromatic carbocycles. The average molecular weight is 438 g/mol. The van der Waals surface area contributed by atoms with E-state index in [9.17, 15) is 5.26 Å². The molecule has 5 nitrogen and oxygen atoms in total. The fourth-order valence-corrected chi connectivity index (χ4v) is 3.96. The predicted octanol–water partition coefficient (Wildman–Crippen LogP) is 5.40. The number of halogens is 2. The molecule has 0 radical (unpaired) electrons. The Morgan fingerprint density at radius 3 is 2.40 bits per heavy atom. The molecule has 7 heteroatoms. The molecule has 2 aromatic heterocycles. The van der Waals surface area contributed by atoms with Gasteiger partial charge in [0, 0.05) is 42.6 Å². The predicted molar refractivity (Wildman–Crippen MR) is 117 cm³/mol. The molecule has 4 rings (SSSR count). The van der Waals surface area contributed by atoms with Crippen molar-refractivity contribution in [2.24, 2.45) is 0 Å². The second-order valence-electron chi connectivity index (χ2n) is 6.83. The summed E-state index contributed by atoms with van der Waals surface area (Å²) in [5.74, 6) is 0.854. The van der Waals surface area contributed by atoms with Gasteiger partial charge in [-0.15, -0.1) is 0 Å². The van der Waals surface area contributed by atoms with E-state index in [0.29, 0.717) is 38.4 Å². The lowest BCUT2D eigenvalue weighted by molar-refractivity contribution is 0.202. The molecule has 0 N–H and O–H groups in total. The molecule has 0 atom stereocenters. The van der Waals surface area contributed by atoms with Gasteiger partial charge in [-0.1, -0.05) is 47.5 Å². The minimum atomic E-state index is -0.0213. The summed E-state index contributed by atoms with van der Waals surface area (Å²) in [4.78, 5) is 8.26. The van der Waals surface area contributed by atoms with Crippen LogP contribution in [0.5, 0.6) is 11.6 Å². The molecule has 30 heavy (non-hydrogen) atoms. The fraction of sp³-hybridized carbons (Fsp3) is 0.174. The van der Waals surface area contributed by atoms with E-state index in [0.717, 1.165) is 12.8 Å². The van der Waals surface area contributed by atoms with E-state index in [4.69, 9.17) is 32.7 Å². The van der Waals surface area contributed by atoms with Crippen LogP contribution in [0.4, 0.5) is 0 Å². The van der Waals surface area contributed by atoms with Gasteiger partial charge in [0.15, 0.2) is 5.75 Å². The summed E-state index contributed by atoms with van der Waals surface area (Å²) in [5, 5.41) is 10.4. The van der Waals surface area contributed by atoms with E-state index in [1.807, 2.05) is 12.1 Å². The number of aromatic nitrogens is 2. The third-order valence-electron chi connectivity index (χ3n) is 4.93. The van der Waals surface area contributed by atoms with Crippen molar-refractivity contribution in [3.63, 3.8) is 0 Å². The van der Waals surface area contributed by atoms with E-state index in [2.05, 4.69) is 28.2 Å². The topological polar surface area (TPSA) is 68.0 Å². The van der Waals surface area contributed by atoms with Gasteiger partial charge in [0.1, 0.15) is 6.10 Å². The number of nitriles is 1. The van der Waals surface area contributed by atoms with Crippen LogP contribution in [0.2, 0.25) is 10.0 Å². The minimum Gasteiger partial charge on any atom is -0.484 e. The molecule has 1 aliphatic rings. The van der Waals surface area contributed by atoms with E-state index in [1.165, 1.54) is 30.6 Å². The second kappa shape index (κ2) is 8.74. The first kappa shape index (κ1) is 20.2. The molecule has 0 aliphatic heterocycles. The molecule has 0 unspecified atom stereocenters. The molecule has 0 saturated carbocycles. The number of fused-ring (bicyclic) bond motifs is 1. The number of pyridine rings is 2. The van der Waals surface area contributed by atoms with Crippen LogP contribution in [0.25, 0.3) is 11.6 Å². The fourth-order valence-electron chi connectivity index (χ4n) is 3.48. The smallest absolute Gasteiger partial charge is 0.256 e. The van der Waals surface area contributed by atoms with Crippen molar-refractivity contribution < 1.29 is 9.47 Å². The van der Waals surface area contributed by atoms with E-state index < -0.39 is 0 Å². The van der Waals surface area contributed by atoms with Crippen LogP contribution < -0.4 is 9.47 Å². The standard InChI is InChI=1S/C23H17Cl2N3O2/c1-29-23-22(30-18-6-14-4-2-3-5-15(14)7-18)9-17(11-28-23)16(10-26)8-19-20(24)12-27-13-21(19)25/h2-5,8-9,11-13,18H,6-7H2,1H3. The summed E-state index contributed by atoms with van der Waals surface area (Å²) in [6, 6.07) is 12.2. The summed E-state index contributed by atoms with van der Waals surface area (Å²) >= 11 is 12.4. The lowest BCUT2D eigenvalue weighted by atomic mass is 10.1. The monoisotopic (exact) mass is 437 g/mol. The van der Waals surface area contributed by atoms with Crippen molar-refractivity contribution in [2.45, 2.75) is 18.9 Å². The second-order valence-corrected chi connectivity index (χ2v) is 7.65. The van der Waals surface area contributed by atoms with E-state index >= 15 is 0 Å². The zero-order chi connectivity index (χ0) is 21.1. The maximum absolute atomic E-state index is 9.72. The van der Waals surface area contributed by atoms with Crippen LogP contribution in [-0.4, -0.2) is 23.2 Å². The highest BCUT2D eigenvalue weighted by molar-refractivity contribution is 6.37. The Hall–Kier alpha value is -3.07. The van der Waals surface area contributed by atoms with Crippen LogP contribution in [-0.2, 0) is 12.8 Å². The number of rotatable bonds is 5. The van der Waals surface area contributed by atoms with Gasteiger partial charge < -0.3 is 9.47 Å². The zero-order valence-electron chi connectivity index (χ0n) is 16.1. The van der Waals surface area contributed by atoms with Gasteiger partial charge in [0.2, 0.25) is 0 Å². The highest BCUT2D eigenvalue weighted by Crippen LogP contribution is 2.34. The number of methoxy groups -OCH3 is 1. The van der Waals surface area contributed by atoms with Gasteiger partial charge >= 0.3 is 0 Å². The van der Waals surface area contributed by atoms with Crippen molar-refractivity contribution in [1.82, 2.24) is 9.97 Å². The number of allylic oxidation sites excluding steroid dienone is 1. The minimum absolute atomic E-state index is 0.0213. The lowest BCUT2D eigenvalue weighted by Crippen LogP contribution is -2.17. The largest absolute Gasteiger partial charge is 0.484 e. The van der Waals surface area contributed by atoms with Crippen LogP contribution in [0.1, 0.15) is 22.3 Å². The highest BCUT2D eigenvalue weighted by atomic mass is 35.5. The molecule has 150 valence electrons. The molecule has 0 fully saturated rings. The normalized spacial score (nSPS) is 13.6. The van der Waals surface area contributed by atoms with Gasteiger partial charge in [0.05, 0.1) is 28.8 Å². The van der Waals surface area contributed by atoms with Gasteiger partial charge in [-0.25, -0.2) is 4.98 Å². The Labute approximate surface area is 184 Å². The third-order valence-corrected chi connectivity index (χ3v) is 5.53. The van der Waals surface area contributed by atoms with Crippen LogP contribution in [0, 0.1) is 11.3 Å². The molecular weight excluding hydrogens is 421 g/mol. The average Bonchev–Trinajstić information content (AvgIpc) is 3.16. The van der Waals surface area contributed by atoms with E-state index in [1.54, 1.807) is 18.3 Å². The van der Waals surface area contributed by atoms with Crippen LogP contribution in [0.3, 0.4) is 0 Å². The quantitative estimate of drug-likeness (QED) is 0.499. The summed E-state index contributed by atoms with van der Waals surface area (Å²) < 4.78 is 11.6. The first-order valence-corrected chi connectivity index (χ1v) is 10.0. The molecule has 0 spiro atoms. The summed E-state index contributed by atoms with van der Waals surface area (Å²) in [7, 11) is 1.54. The van der Waals surface area contributed by atoms with Crippen molar-refractivity contribution in [3.05, 3.63) is 81.2 Å². The van der Waals surface area contributed by atoms with E-state index in [-0.39, 0.29) is 6.10 Å². The molecular formula is C23H17Cl2N3O2. The molecule has 0 bridgehead atoms. The number of nitrogens with zero attached hydrogens (tertiary/aromatic N) is 3. The lowest BCUT2D eigenvalue weighted by Gasteiger charge is -2.16. The van der Waals surface area contributed by atoms with Gasteiger partial charge in [0.25, 0.3) is 5.88 Å². The third kappa shape index (κ3) is 4.11. The van der Waals surface area contributed by atoms with Crippen molar-refractivity contribution in [3.8, 4) is 17.7 Å².